The first-order chi connectivity index (χ1) is 7.29. The third kappa shape index (κ3) is 3.21. The van der Waals surface area contributed by atoms with Gasteiger partial charge in [0.15, 0.2) is 0 Å². The zero-order valence-corrected chi connectivity index (χ0v) is 12.9. The van der Waals surface area contributed by atoms with Crippen molar-refractivity contribution in [1.82, 2.24) is 0 Å². The van der Waals surface area contributed by atoms with Crippen LogP contribution in [-0.2, 0) is 0 Å². The van der Waals surface area contributed by atoms with Crippen LogP contribution in [0.1, 0.15) is 20.3 Å². The normalized spacial score (nSPS) is 11.7. The summed E-state index contributed by atoms with van der Waals surface area (Å²) in [5.74, 6) is 0. The summed E-state index contributed by atoms with van der Waals surface area (Å²) in [4.78, 5) is 0. The Morgan fingerprint density at radius 1 is 1.07 bits per heavy atom. The first-order valence-corrected chi connectivity index (χ1v) is 13.5. The summed E-state index contributed by atoms with van der Waals surface area (Å²) < 4.78 is 5.93. The Bertz CT molecular complexity index is 267. The van der Waals surface area contributed by atoms with Gasteiger partial charge in [-0.3, -0.25) is 0 Å². The van der Waals surface area contributed by atoms with Gasteiger partial charge in [-0.25, -0.2) is 0 Å². The van der Waals surface area contributed by atoms with Gasteiger partial charge in [0.25, 0.3) is 0 Å². The Kier molecular flexibility index (Phi) is 5.69. The van der Waals surface area contributed by atoms with Crippen LogP contribution in [0.5, 0.6) is 0 Å². The standard InChI is InChI=1S/C6H5.C3H8N.2C2H5.Sn/c1-2-4-6-5-3-1;1-2-3-4;2*1-2;/h1-5H;1-4H2;2*1H2,2H3;. The zero-order valence-electron chi connectivity index (χ0n) is 10.00. The molecule has 0 amide bonds. The molecule has 1 nitrogen and oxygen atoms in total. The number of hydrogen-bond donors (Lipinski definition) is 1. The first-order valence-electron chi connectivity index (χ1n) is 6.04. The number of nitrogens with two attached hydrogens (primary N) is 1. The van der Waals surface area contributed by atoms with Crippen LogP contribution < -0.4 is 9.31 Å². The van der Waals surface area contributed by atoms with Crippen LogP contribution in [0.3, 0.4) is 0 Å². The van der Waals surface area contributed by atoms with Crippen molar-refractivity contribution in [3.63, 3.8) is 0 Å². The van der Waals surface area contributed by atoms with Gasteiger partial charge in [-0.05, 0) is 0 Å². The summed E-state index contributed by atoms with van der Waals surface area (Å²) in [7, 11) is 0. The maximum absolute atomic E-state index is 5.66. The summed E-state index contributed by atoms with van der Waals surface area (Å²) in [6.07, 6.45) is 1.21. The SMILES string of the molecule is C[CH2][Sn]([CH2]C)([CH2]CCN)[c]1ccccc1. The van der Waals surface area contributed by atoms with Crippen LogP contribution >= 0.6 is 0 Å². The van der Waals surface area contributed by atoms with E-state index in [0.717, 1.165) is 6.54 Å². The molecule has 0 atom stereocenters. The van der Waals surface area contributed by atoms with Crippen molar-refractivity contribution in [3.8, 4) is 0 Å². The van der Waals surface area contributed by atoms with Gasteiger partial charge >= 0.3 is 98.1 Å². The average Bonchev–Trinajstić information content (AvgIpc) is 2.33. The molecule has 1 rings (SSSR count). The minimum absolute atomic E-state index is 0.853. The van der Waals surface area contributed by atoms with Crippen LogP contribution in [0.2, 0.25) is 13.3 Å². The molecule has 0 aliphatic rings. The van der Waals surface area contributed by atoms with Gasteiger partial charge in [-0.15, -0.1) is 0 Å². The van der Waals surface area contributed by atoms with Crippen molar-refractivity contribution >= 4 is 22.0 Å². The molecule has 0 saturated carbocycles. The van der Waals surface area contributed by atoms with Gasteiger partial charge in [-0.2, -0.15) is 0 Å². The topological polar surface area (TPSA) is 26.0 Å². The minimum atomic E-state index is -2.02. The van der Waals surface area contributed by atoms with E-state index in [0.29, 0.717) is 0 Å². The molecule has 0 saturated heterocycles. The van der Waals surface area contributed by atoms with Crippen LogP contribution in [0.4, 0.5) is 0 Å². The first kappa shape index (κ1) is 13.0. The molecule has 15 heavy (non-hydrogen) atoms. The molecule has 0 unspecified atom stereocenters. The van der Waals surface area contributed by atoms with Crippen LogP contribution in [0.25, 0.3) is 0 Å². The fraction of sp³-hybridized carbons (Fsp3) is 0.538. The molecule has 0 spiro atoms. The Morgan fingerprint density at radius 3 is 2.13 bits per heavy atom. The quantitative estimate of drug-likeness (QED) is 0.803. The Balaban J connectivity index is 2.89. The molecule has 2 N–H and O–H groups in total. The molecule has 1 aromatic rings. The molecule has 1 aromatic carbocycles. The fourth-order valence-corrected chi connectivity index (χ4v) is 14.1. The van der Waals surface area contributed by atoms with E-state index in [1.54, 1.807) is 3.58 Å². The summed E-state index contributed by atoms with van der Waals surface area (Å²) >= 11 is -2.02. The third-order valence-corrected chi connectivity index (χ3v) is 19.5. The predicted octanol–water partition coefficient (Wildman–Crippen LogP) is 2.73. The molecule has 0 aliphatic heterocycles. The van der Waals surface area contributed by atoms with Crippen molar-refractivity contribution in [3.05, 3.63) is 30.3 Å². The van der Waals surface area contributed by atoms with E-state index in [2.05, 4.69) is 44.2 Å². The van der Waals surface area contributed by atoms with Gasteiger partial charge in [0.05, 0.1) is 0 Å². The van der Waals surface area contributed by atoms with Crippen molar-refractivity contribution in [2.45, 2.75) is 33.6 Å². The van der Waals surface area contributed by atoms with E-state index in [9.17, 15) is 0 Å². The molecule has 0 aliphatic carbocycles. The molecule has 0 aromatic heterocycles. The summed E-state index contributed by atoms with van der Waals surface area (Å²) in [6, 6.07) is 11.2. The molecule has 0 heterocycles. The number of hydrogen-bond acceptors (Lipinski definition) is 1. The second-order valence-corrected chi connectivity index (χ2v) is 18.7. The maximum atomic E-state index is 5.66. The zero-order chi connectivity index (χ0) is 11.1. The second-order valence-electron chi connectivity index (χ2n) is 4.25. The van der Waals surface area contributed by atoms with E-state index < -0.39 is 18.4 Å². The van der Waals surface area contributed by atoms with E-state index in [1.165, 1.54) is 19.7 Å². The van der Waals surface area contributed by atoms with E-state index in [4.69, 9.17) is 5.73 Å². The monoisotopic (exact) mass is 313 g/mol. The van der Waals surface area contributed by atoms with Crippen molar-refractivity contribution < 1.29 is 0 Å². The van der Waals surface area contributed by atoms with Gasteiger partial charge in [0, 0.05) is 0 Å². The second kappa shape index (κ2) is 6.54. The van der Waals surface area contributed by atoms with Crippen molar-refractivity contribution in [2.24, 2.45) is 5.73 Å². The molecule has 0 radical (unpaired) electrons. The van der Waals surface area contributed by atoms with E-state index >= 15 is 0 Å². The molecule has 0 fully saturated rings. The van der Waals surface area contributed by atoms with Crippen LogP contribution in [-0.4, -0.2) is 24.9 Å². The van der Waals surface area contributed by atoms with Crippen LogP contribution in [0.15, 0.2) is 30.3 Å². The Labute approximate surface area is 97.9 Å². The van der Waals surface area contributed by atoms with Crippen molar-refractivity contribution in [2.75, 3.05) is 6.54 Å². The molecule has 84 valence electrons. The molecular weight excluding hydrogens is 289 g/mol. The molecule has 0 bridgehead atoms. The van der Waals surface area contributed by atoms with Crippen LogP contribution in [0, 0.1) is 0 Å². The number of rotatable bonds is 6. The summed E-state index contributed by atoms with van der Waals surface area (Å²) in [5, 5.41) is 0. The summed E-state index contributed by atoms with van der Waals surface area (Å²) in [5.41, 5.74) is 5.66. The fourth-order valence-electron chi connectivity index (χ4n) is 2.39. The van der Waals surface area contributed by atoms with Gasteiger partial charge in [0.1, 0.15) is 0 Å². The molecular formula is C13H23NSn. The van der Waals surface area contributed by atoms with E-state index in [1.807, 2.05) is 0 Å². The average molecular weight is 312 g/mol. The third-order valence-electron chi connectivity index (χ3n) is 3.60. The number of benzene rings is 1. The summed E-state index contributed by atoms with van der Waals surface area (Å²) in [6.45, 7) is 5.61. The Morgan fingerprint density at radius 2 is 1.67 bits per heavy atom. The molecule has 2 heteroatoms. The van der Waals surface area contributed by atoms with E-state index in [-0.39, 0.29) is 0 Å². The van der Waals surface area contributed by atoms with Gasteiger partial charge in [-0.1, -0.05) is 0 Å². The van der Waals surface area contributed by atoms with Gasteiger partial charge in [0.2, 0.25) is 0 Å². The van der Waals surface area contributed by atoms with Crippen molar-refractivity contribution in [1.29, 1.82) is 0 Å². The van der Waals surface area contributed by atoms with Gasteiger partial charge < -0.3 is 0 Å². The predicted molar refractivity (Wildman–Crippen MR) is 71.3 cm³/mol. The Hall–Kier alpha value is -0.0213.